The van der Waals surface area contributed by atoms with Crippen LogP contribution in [0.4, 0.5) is 11.4 Å². The van der Waals surface area contributed by atoms with Crippen molar-refractivity contribution >= 4 is 23.5 Å². The third-order valence-corrected chi connectivity index (χ3v) is 3.48. The van der Waals surface area contributed by atoms with Crippen LogP contribution in [0, 0.1) is 17.0 Å². The number of phenols is 1. The molecule has 0 saturated heterocycles. The van der Waals surface area contributed by atoms with E-state index >= 15 is 0 Å². The number of hydrogen-bond donors (Lipinski definition) is 3. The van der Waals surface area contributed by atoms with Gasteiger partial charge in [0.25, 0.3) is 5.91 Å². The van der Waals surface area contributed by atoms with Gasteiger partial charge >= 0.3 is 5.69 Å². The molecular formula is C18H20N4O5. The number of carbonyl (C=O) groups excluding carboxylic acids is 1. The Kier molecular flexibility index (Phi) is 6.70. The molecule has 2 rings (SSSR count). The second kappa shape index (κ2) is 9.18. The van der Waals surface area contributed by atoms with Gasteiger partial charge in [-0.1, -0.05) is 17.7 Å². The van der Waals surface area contributed by atoms with Gasteiger partial charge in [-0.3, -0.25) is 14.9 Å². The molecule has 3 N–H and O–H groups in total. The Morgan fingerprint density at radius 1 is 1.33 bits per heavy atom. The highest BCUT2D eigenvalue weighted by Crippen LogP contribution is 2.36. The van der Waals surface area contributed by atoms with Gasteiger partial charge in [0.05, 0.1) is 24.3 Å². The lowest BCUT2D eigenvalue weighted by atomic mass is 10.2. The molecule has 0 unspecified atom stereocenters. The largest absolute Gasteiger partial charge is 0.500 e. The van der Waals surface area contributed by atoms with E-state index in [0.29, 0.717) is 5.56 Å². The molecule has 0 radical (unpaired) electrons. The zero-order valence-corrected chi connectivity index (χ0v) is 14.9. The summed E-state index contributed by atoms with van der Waals surface area (Å²) in [6, 6.07) is 10.1. The van der Waals surface area contributed by atoms with Gasteiger partial charge in [-0.05, 0) is 32.0 Å². The number of phenolic OH excluding ortho intramolecular Hbond substituents is 1. The zero-order chi connectivity index (χ0) is 19.8. The normalized spacial score (nSPS) is 10.6. The SMILES string of the molecule is CCOc1cc(C=NNC(=O)CNc2ccc(C)cc2)cc([N+](=O)[O-])c1O. The van der Waals surface area contributed by atoms with E-state index in [4.69, 9.17) is 4.74 Å². The van der Waals surface area contributed by atoms with E-state index < -0.39 is 16.4 Å². The summed E-state index contributed by atoms with van der Waals surface area (Å²) in [4.78, 5) is 22.1. The molecule has 0 atom stereocenters. The number of nitrogens with zero attached hydrogens (tertiary/aromatic N) is 2. The van der Waals surface area contributed by atoms with Crippen LogP contribution < -0.4 is 15.5 Å². The van der Waals surface area contributed by atoms with Crippen LogP contribution in [0.25, 0.3) is 0 Å². The van der Waals surface area contributed by atoms with Gasteiger partial charge in [-0.25, -0.2) is 5.43 Å². The number of ether oxygens (including phenoxy) is 1. The van der Waals surface area contributed by atoms with E-state index in [1.807, 2.05) is 31.2 Å². The topological polar surface area (TPSA) is 126 Å². The summed E-state index contributed by atoms with van der Waals surface area (Å²) in [6.07, 6.45) is 1.23. The number of carbonyl (C=O) groups is 1. The summed E-state index contributed by atoms with van der Waals surface area (Å²) < 4.78 is 5.18. The van der Waals surface area contributed by atoms with Crippen LogP contribution in [-0.4, -0.2) is 35.3 Å². The fraction of sp³-hybridized carbons (Fsp3) is 0.222. The quantitative estimate of drug-likeness (QED) is 0.371. The van der Waals surface area contributed by atoms with Crippen molar-refractivity contribution in [2.75, 3.05) is 18.5 Å². The predicted molar refractivity (Wildman–Crippen MR) is 101 cm³/mol. The monoisotopic (exact) mass is 372 g/mol. The molecule has 2 aromatic rings. The number of hydrazone groups is 1. The highest BCUT2D eigenvalue weighted by molar-refractivity contribution is 5.86. The maximum Gasteiger partial charge on any atom is 0.315 e. The predicted octanol–water partition coefficient (Wildman–Crippen LogP) is 2.57. The van der Waals surface area contributed by atoms with Crippen molar-refractivity contribution in [2.24, 2.45) is 5.10 Å². The number of aryl methyl sites for hydroxylation is 1. The molecule has 0 aliphatic carbocycles. The Hall–Kier alpha value is -3.62. The maximum atomic E-state index is 11.8. The van der Waals surface area contributed by atoms with E-state index in [1.165, 1.54) is 12.3 Å². The number of rotatable bonds is 8. The van der Waals surface area contributed by atoms with Gasteiger partial charge in [-0.2, -0.15) is 5.10 Å². The van der Waals surface area contributed by atoms with Crippen molar-refractivity contribution in [3.63, 3.8) is 0 Å². The summed E-state index contributed by atoms with van der Waals surface area (Å²) >= 11 is 0. The van der Waals surface area contributed by atoms with E-state index in [0.717, 1.165) is 17.3 Å². The molecule has 142 valence electrons. The van der Waals surface area contributed by atoms with E-state index in [9.17, 15) is 20.0 Å². The first-order valence-electron chi connectivity index (χ1n) is 8.17. The number of hydrogen-bond acceptors (Lipinski definition) is 7. The summed E-state index contributed by atoms with van der Waals surface area (Å²) in [5, 5.41) is 27.6. The number of anilines is 1. The van der Waals surface area contributed by atoms with Gasteiger partial charge < -0.3 is 15.2 Å². The van der Waals surface area contributed by atoms with Gasteiger partial charge in [0.15, 0.2) is 5.75 Å². The zero-order valence-electron chi connectivity index (χ0n) is 14.9. The average molecular weight is 372 g/mol. The standard InChI is InChI=1S/C18H20N4O5/c1-3-27-16-9-13(8-15(18(16)24)22(25)26)10-20-21-17(23)11-19-14-6-4-12(2)5-7-14/h4-10,19,24H,3,11H2,1-2H3,(H,21,23). The van der Waals surface area contributed by atoms with Crippen LogP contribution >= 0.6 is 0 Å². The summed E-state index contributed by atoms with van der Waals surface area (Å²) in [5.74, 6) is -0.962. The second-order valence-corrected chi connectivity index (χ2v) is 5.59. The molecule has 0 aliphatic heterocycles. The van der Waals surface area contributed by atoms with Crippen LogP contribution in [0.1, 0.15) is 18.1 Å². The van der Waals surface area contributed by atoms with E-state index in [2.05, 4.69) is 15.8 Å². The summed E-state index contributed by atoms with van der Waals surface area (Å²) in [5.41, 5.74) is 4.03. The fourth-order valence-corrected chi connectivity index (χ4v) is 2.17. The van der Waals surface area contributed by atoms with Crippen LogP contribution in [0.15, 0.2) is 41.5 Å². The van der Waals surface area contributed by atoms with Gasteiger partial charge in [0.1, 0.15) is 0 Å². The Morgan fingerprint density at radius 3 is 2.67 bits per heavy atom. The van der Waals surface area contributed by atoms with Crippen LogP contribution in [-0.2, 0) is 4.79 Å². The number of benzene rings is 2. The van der Waals surface area contributed by atoms with Crippen molar-refractivity contribution in [1.29, 1.82) is 0 Å². The molecule has 0 bridgehead atoms. The van der Waals surface area contributed by atoms with E-state index in [1.54, 1.807) is 6.92 Å². The van der Waals surface area contributed by atoms with Crippen LogP contribution in [0.5, 0.6) is 11.5 Å². The van der Waals surface area contributed by atoms with Crippen LogP contribution in [0.3, 0.4) is 0 Å². The number of nitro benzene ring substituents is 1. The second-order valence-electron chi connectivity index (χ2n) is 5.59. The van der Waals surface area contributed by atoms with E-state index in [-0.39, 0.29) is 24.8 Å². The molecule has 9 nitrogen and oxygen atoms in total. The molecule has 9 heteroatoms. The summed E-state index contributed by atoms with van der Waals surface area (Å²) in [7, 11) is 0. The van der Waals surface area contributed by atoms with Crippen molar-refractivity contribution in [2.45, 2.75) is 13.8 Å². The Labute approximate surface area is 155 Å². The first kappa shape index (κ1) is 19.7. The minimum absolute atomic E-state index is 0.0142. The smallest absolute Gasteiger partial charge is 0.315 e. The molecule has 0 saturated carbocycles. The number of aromatic hydroxyl groups is 1. The molecule has 0 spiro atoms. The molecule has 0 aromatic heterocycles. The lowest BCUT2D eigenvalue weighted by Crippen LogP contribution is -2.25. The van der Waals surface area contributed by atoms with Crippen molar-refractivity contribution < 1.29 is 19.6 Å². The number of nitrogens with one attached hydrogen (secondary N) is 2. The van der Waals surface area contributed by atoms with Crippen LogP contribution in [0.2, 0.25) is 0 Å². The van der Waals surface area contributed by atoms with Crippen molar-refractivity contribution in [3.8, 4) is 11.5 Å². The molecule has 27 heavy (non-hydrogen) atoms. The Morgan fingerprint density at radius 2 is 2.04 bits per heavy atom. The molecule has 0 aliphatic rings. The fourth-order valence-electron chi connectivity index (χ4n) is 2.17. The Bertz CT molecular complexity index is 850. The molecule has 2 aromatic carbocycles. The third-order valence-electron chi connectivity index (χ3n) is 3.48. The number of amides is 1. The maximum absolute atomic E-state index is 11.8. The average Bonchev–Trinajstić information content (AvgIpc) is 2.63. The minimum Gasteiger partial charge on any atom is -0.500 e. The number of nitro groups is 1. The van der Waals surface area contributed by atoms with Crippen molar-refractivity contribution in [3.05, 3.63) is 57.6 Å². The van der Waals surface area contributed by atoms with Gasteiger partial charge in [-0.15, -0.1) is 0 Å². The molecule has 0 heterocycles. The molecule has 0 fully saturated rings. The van der Waals surface area contributed by atoms with Crippen molar-refractivity contribution in [1.82, 2.24) is 5.43 Å². The molecule has 1 amide bonds. The van der Waals surface area contributed by atoms with Gasteiger partial charge in [0, 0.05) is 17.3 Å². The third kappa shape index (κ3) is 5.70. The highest BCUT2D eigenvalue weighted by atomic mass is 16.6. The molecular weight excluding hydrogens is 352 g/mol. The first-order chi connectivity index (χ1) is 12.9. The van der Waals surface area contributed by atoms with Gasteiger partial charge in [0.2, 0.25) is 5.75 Å². The summed E-state index contributed by atoms with van der Waals surface area (Å²) in [6.45, 7) is 3.90. The lowest BCUT2D eigenvalue weighted by Gasteiger charge is -2.07. The highest BCUT2D eigenvalue weighted by Gasteiger charge is 2.19. The Balaban J connectivity index is 1.99. The first-order valence-corrected chi connectivity index (χ1v) is 8.17. The lowest BCUT2D eigenvalue weighted by molar-refractivity contribution is -0.386. The minimum atomic E-state index is -0.723.